The van der Waals surface area contributed by atoms with Crippen molar-refractivity contribution < 1.29 is 15.3 Å². The number of hydrogen-bond donors (Lipinski definition) is 3. The first-order valence-corrected chi connectivity index (χ1v) is 6.83. The van der Waals surface area contributed by atoms with Crippen molar-refractivity contribution in [1.82, 2.24) is 4.98 Å². The lowest BCUT2D eigenvalue weighted by molar-refractivity contribution is -0.324. The summed E-state index contributed by atoms with van der Waals surface area (Å²) in [5.41, 5.74) is 3.71. The van der Waals surface area contributed by atoms with E-state index in [-0.39, 0.29) is 5.56 Å². The molecule has 3 N–H and O–H groups in total. The molecule has 0 aliphatic rings. The molecule has 22 heavy (non-hydrogen) atoms. The molecule has 0 aliphatic carbocycles. The summed E-state index contributed by atoms with van der Waals surface area (Å²) >= 11 is 0. The molecule has 4 nitrogen and oxygen atoms in total. The van der Waals surface area contributed by atoms with E-state index in [1.807, 2.05) is 54.6 Å². The molecule has 0 spiro atoms. The molecule has 3 aromatic rings. The van der Waals surface area contributed by atoms with Gasteiger partial charge < -0.3 is 15.3 Å². The summed E-state index contributed by atoms with van der Waals surface area (Å²) in [4.78, 5) is 4.17. The molecule has 4 heteroatoms. The Balaban J connectivity index is 1.96. The first-order valence-electron chi connectivity index (χ1n) is 6.83. The largest absolute Gasteiger partial charge is 0.340 e. The van der Waals surface area contributed by atoms with Gasteiger partial charge in [0, 0.05) is 11.8 Å². The first kappa shape index (κ1) is 14.4. The maximum absolute atomic E-state index is 9.11. The van der Waals surface area contributed by atoms with E-state index in [0.29, 0.717) is 5.69 Å². The van der Waals surface area contributed by atoms with Gasteiger partial charge in [-0.15, -0.1) is 0 Å². The Morgan fingerprint density at radius 2 is 1.36 bits per heavy atom. The molecular formula is C18H15NO3. The number of aromatic nitrogens is 1. The lowest BCUT2D eigenvalue weighted by Gasteiger charge is -2.14. The molecule has 1 heterocycles. The second-order valence-corrected chi connectivity index (χ2v) is 5.01. The van der Waals surface area contributed by atoms with Crippen molar-refractivity contribution in [3.8, 4) is 22.4 Å². The van der Waals surface area contributed by atoms with Gasteiger partial charge in [-0.2, -0.15) is 0 Å². The molecule has 0 radical (unpaired) electrons. The predicted molar refractivity (Wildman–Crippen MR) is 83.4 cm³/mol. The Hall–Kier alpha value is -2.53. The van der Waals surface area contributed by atoms with Crippen molar-refractivity contribution in [3.63, 3.8) is 0 Å². The van der Waals surface area contributed by atoms with E-state index in [4.69, 9.17) is 15.3 Å². The van der Waals surface area contributed by atoms with Crippen LogP contribution >= 0.6 is 0 Å². The van der Waals surface area contributed by atoms with Gasteiger partial charge in [-0.05, 0) is 29.3 Å². The first-order chi connectivity index (χ1) is 10.5. The van der Waals surface area contributed by atoms with Crippen LogP contribution in [0, 0.1) is 0 Å². The van der Waals surface area contributed by atoms with Crippen molar-refractivity contribution in [2.45, 2.75) is 5.97 Å². The van der Waals surface area contributed by atoms with Crippen molar-refractivity contribution >= 4 is 0 Å². The zero-order valence-corrected chi connectivity index (χ0v) is 11.7. The van der Waals surface area contributed by atoms with Crippen LogP contribution in [0.15, 0.2) is 72.9 Å². The van der Waals surface area contributed by atoms with Crippen molar-refractivity contribution in [2.24, 2.45) is 0 Å². The van der Waals surface area contributed by atoms with Gasteiger partial charge in [0.2, 0.25) is 0 Å². The average molecular weight is 293 g/mol. The molecule has 0 bridgehead atoms. The molecular weight excluding hydrogens is 278 g/mol. The molecule has 0 unspecified atom stereocenters. The monoisotopic (exact) mass is 293 g/mol. The van der Waals surface area contributed by atoms with E-state index in [1.54, 1.807) is 6.07 Å². The highest BCUT2D eigenvalue weighted by molar-refractivity contribution is 5.71. The zero-order chi connectivity index (χ0) is 15.6. The number of hydrogen-bond acceptors (Lipinski definition) is 4. The number of pyridine rings is 1. The highest BCUT2D eigenvalue weighted by Gasteiger charge is 2.21. The molecule has 2 aromatic carbocycles. The van der Waals surface area contributed by atoms with Gasteiger partial charge in [-0.1, -0.05) is 48.5 Å². The molecule has 0 amide bonds. The summed E-state index contributed by atoms with van der Waals surface area (Å²) in [6.45, 7) is 0. The highest BCUT2D eigenvalue weighted by Crippen LogP contribution is 2.26. The van der Waals surface area contributed by atoms with Crippen LogP contribution in [0.25, 0.3) is 22.4 Å². The fourth-order valence-electron chi connectivity index (χ4n) is 2.25. The van der Waals surface area contributed by atoms with Crippen molar-refractivity contribution in [3.05, 3.63) is 78.5 Å². The molecule has 0 fully saturated rings. The fourth-order valence-corrected chi connectivity index (χ4v) is 2.25. The second-order valence-electron chi connectivity index (χ2n) is 5.01. The molecule has 0 saturated carbocycles. The summed E-state index contributed by atoms with van der Waals surface area (Å²) in [6.07, 6.45) is 1.24. The Kier molecular flexibility index (Phi) is 3.73. The highest BCUT2D eigenvalue weighted by atomic mass is 16.7. The minimum atomic E-state index is -2.86. The third kappa shape index (κ3) is 3.04. The minimum Gasteiger partial charge on any atom is -0.340 e. The lowest BCUT2D eigenvalue weighted by Crippen LogP contribution is -2.23. The summed E-state index contributed by atoms with van der Waals surface area (Å²) in [5.74, 6) is -2.86. The Morgan fingerprint density at radius 3 is 2.00 bits per heavy atom. The van der Waals surface area contributed by atoms with E-state index in [1.165, 1.54) is 12.3 Å². The van der Waals surface area contributed by atoms with Crippen LogP contribution in [0.4, 0.5) is 0 Å². The van der Waals surface area contributed by atoms with E-state index >= 15 is 0 Å². The van der Waals surface area contributed by atoms with Crippen LogP contribution in [0.5, 0.6) is 0 Å². The van der Waals surface area contributed by atoms with Gasteiger partial charge in [-0.3, -0.25) is 4.98 Å². The number of aliphatic hydroxyl groups is 3. The molecule has 1 aromatic heterocycles. The molecule has 0 atom stereocenters. The van der Waals surface area contributed by atoms with Gasteiger partial charge >= 0.3 is 5.97 Å². The van der Waals surface area contributed by atoms with Gasteiger partial charge in [0.25, 0.3) is 0 Å². The lowest BCUT2D eigenvalue weighted by atomic mass is 10.0. The van der Waals surface area contributed by atoms with Crippen LogP contribution in [-0.2, 0) is 5.97 Å². The number of nitrogens with zero attached hydrogens (tertiary/aromatic N) is 1. The summed E-state index contributed by atoms with van der Waals surface area (Å²) < 4.78 is 0. The standard InChI is InChI=1S/C18H15NO3/c20-18(21,22)16-9-10-17(19-12-16)15-8-4-7-14(11-15)13-5-2-1-3-6-13/h1-12,20-22H. The average Bonchev–Trinajstić information content (AvgIpc) is 2.55. The zero-order valence-electron chi connectivity index (χ0n) is 11.7. The minimum absolute atomic E-state index is 0.0736. The van der Waals surface area contributed by atoms with E-state index in [0.717, 1.165) is 16.7 Å². The molecule has 3 rings (SSSR count). The number of rotatable bonds is 3. The van der Waals surface area contributed by atoms with Crippen LogP contribution in [-0.4, -0.2) is 20.3 Å². The Bertz CT molecular complexity index is 762. The van der Waals surface area contributed by atoms with Crippen molar-refractivity contribution in [2.75, 3.05) is 0 Å². The predicted octanol–water partition coefficient (Wildman–Crippen LogP) is 2.50. The van der Waals surface area contributed by atoms with Crippen LogP contribution in [0.1, 0.15) is 5.56 Å². The van der Waals surface area contributed by atoms with Crippen LogP contribution < -0.4 is 0 Å². The smallest absolute Gasteiger partial charge is 0.305 e. The van der Waals surface area contributed by atoms with Gasteiger partial charge in [0.05, 0.1) is 11.3 Å². The van der Waals surface area contributed by atoms with Crippen LogP contribution in [0.3, 0.4) is 0 Å². The SMILES string of the molecule is OC(O)(O)c1ccc(-c2cccc(-c3ccccc3)c2)nc1. The summed E-state index contributed by atoms with van der Waals surface area (Å²) in [7, 11) is 0. The van der Waals surface area contributed by atoms with E-state index in [9.17, 15) is 0 Å². The van der Waals surface area contributed by atoms with Gasteiger partial charge in [0.15, 0.2) is 0 Å². The Morgan fingerprint density at radius 1 is 0.682 bits per heavy atom. The topological polar surface area (TPSA) is 73.6 Å². The van der Waals surface area contributed by atoms with Gasteiger partial charge in [-0.25, -0.2) is 0 Å². The summed E-state index contributed by atoms with van der Waals surface area (Å²) in [6, 6.07) is 21.0. The van der Waals surface area contributed by atoms with Crippen LogP contribution in [0.2, 0.25) is 0 Å². The molecule has 110 valence electrons. The Labute approximate surface area is 128 Å². The summed E-state index contributed by atoms with van der Waals surface area (Å²) in [5, 5.41) is 27.3. The van der Waals surface area contributed by atoms with Crippen molar-refractivity contribution in [1.29, 1.82) is 0 Å². The molecule has 0 aliphatic heterocycles. The van der Waals surface area contributed by atoms with Gasteiger partial charge in [0.1, 0.15) is 0 Å². The molecule has 0 saturated heterocycles. The third-order valence-corrected chi connectivity index (χ3v) is 3.42. The number of benzene rings is 2. The fraction of sp³-hybridized carbons (Fsp3) is 0.0556. The third-order valence-electron chi connectivity index (χ3n) is 3.42. The maximum Gasteiger partial charge on any atom is 0.305 e. The normalized spacial score (nSPS) is 11.4. The van der Waals surface area contributed by atoms with E-state index in [2.05, 4.69) is 4.98 Å². The quantitative estimate of drug-likeness (QED) is 0.649. The maximum atomic E-state index is 9.11. The van der Waals surface area contributed by atoms with E-state index < -0.39 is 5.97 Å². The second kappa shape index (κ2) is 5.69.